The summed E-state index contributed by atoms with van der Waals surface area (Å²) in [6, 6.07) is 36.4. The summed E-state index contributed by atoms with van der Waals surface area (Å²) in [7, 11) is 1.72. The Balaban J connectivity index is 1.42. The maximum absolute atomic E-state index is 13.6. The summed E-state index contributed by atoms with van der Waals surface area (Å²) in [4.78, 5) is 16.1. The Morgan fingerprint density at radius 2 is 1.47 bits per heavy atom. The van der Waals surface area contributed by atoms with Gasteiger partial charge < -0.3 is 19.5 Å². The van der Waals surface area contributed by atoms with Crippen LogP contribution in [0.5, 0.6) is 11.5 Å². The Kier molecular flexibility index (Phi) is 11.2. The molecule has 0 unspecified atom stereocenters. The number of nitrogens with zero attached hydrogens (tertiary/aromatic N) is 1. The fourth-order valence-corrected chi connectivity index (χ4v) is 5.65. The zero-order valence-electron chi connectivity index (χ0n) is 25.0. The number of hydrogen-bond donors (Lipinski definition) is 1. The van der Waals surface area contributed by atoms with Crippen molar-refractivity contribution in [3.63, 3.8) is 0 Å². The molecule has 0 fully saturated rings. The van der Waals surface area contributed by atoms with Gasteiger partial charge in [0, 0.05) is 24.8 Å². The third-order valence-corrected chi connectivity index (χ3v) is 7.92. The van der Waals surface area contributed by atoms with Crippen molar-refractivity contribution in [2.75, 3.05) is 33.5 Å². The van der Waals surface area contributed by atoms with Crippen LogP contribution in [0.25, 0.3) is 0 Å². The number of nitrogens with one attached hydrogen (secondary N) is 1. The van der Waals surface area contributed by atoms with Crippen molar-refractivity contribution in [2.45, 2.75) is 44.3 Å². The molecule has 6 nitrogen and oxygen atoms in total. The molecule has 4 aromatic carbocycles. The van der Waals surface area contributed by atoms with Crippen LogP contribution in [0.15, 0.2) is 109 Å². The fraction of sp³-hybridized carbons (Fsp3) is 0.324. The first-order chi connectivity index (χ1) is 21.2. The molecule has 5 rings (SSSR count). The van der Waals surface area contributed by atoms with Gasteiger partial charge in [-0.15, -0.1) is 0 Å². The molecule has 1 aliphatic heterocycles. The van der Waals surface area contributed by atoms with Crippen molar-refractivity contribution < 1.29 is 19.0 Å². The van der Waals surface area contributed by atoms with E-state index >= 15 is 0 Å². The van der Waals surface area contributed by atoms with E-state index in [0.717, 1.165) is 49.2 Å². The molecule has 0 bridgehead atoms. The highest BCUT2D eigenvalue weighted by molar-refractivity contribution is 5.97. The second-order valence-corrected chi connectivity index (χ2v) is 11.1. The maximum Gasteiger partial charge on any atom is 0.255 e. The molecule has 2 atom stereocenters. The Labute approximate surface area is 255 Å². The number of benzene rings is 4. The van der Waals surface area contributed by atoms with Gasteiger partial charge in [-0.05, 0) is 61.6 Å². The minimum Gasteiger partial charge on any atom is -0.496 e. The van der Waals surface area contributed by atoms with Gasteiger partial charge in [0.05, 0.1) is 25.3 Å². The van der Waals surface area contributed by atoms with Gasteiger partial charge in [-0.25, -0.2) is 0 Å². The largest absolute Gasteiger partial charge is 0.496 e. The predicted molar refractivity (Wildman–Crippen MR) is 171 cm³/mol. The first kappa shape index (κ1) is 30.3. The van der Waals surface area contributed by atoms with Gasteiger partial charge in [-0.1, -0.05) is 91.0 Å². The van der Waals surface area contributed by atoms with E-state index in [1.54, 1.807) is 7.11 Å². The van der Waals surface area contributed by atoms with Crippen LogP contribution in [0.2, 0.25) is 0 Å². The Morgan fingerprint density at radius 1 is 0.791 bits per heavy atom. The molecule has 0 aromatic heterocycles. The quantitative estimate of drug-likeness (QED) is 0.277. The van der Waals surface area contributed by atoms with Crippen LogP contribution in [0.1, 0.15) is 39.9 Å². The average molecular weight is 579 g/mol. The van der Waals surface area contributed by atoms with Gasteiger partial charge in [0.15, 0.2) is 0 Å². The molecule has 0 aliphatic carbocycles. The molecule has 0 saturated carbocycles. The highest BCUT2D eigenvalue weighted by Gasteiger charge is 2.24. The van der Waals surface area contributed by atoms with Crippen LogP contribution in [0.4, 0.5) is 0 Å². The first-order valence-corrected chi connectivity index (χ1v) is 15.2. The summed E-state index contributed by atoms with van der Waals surface area (Å²) in [5.74, 6) is 1.32. The lowest BCUT2D eigenvalue weighted by atomic mass is 10.0. The molecule has 1 aliphatic rings. The van der Waals surface area contributed by atoms with E-state index in [1.165, 1.54) is 5.56 Å². The Bertz CT molecular complexity index is 1410. The minimum atomic E-state index is -0.152. The van der Waals surface area contributed by atoms with Crippen LogP contribution < -0.4 is 14.8 Å². The van der Waals surface area contributed by atoms with E-state index in [0.29, 0.717) is 37.6 Å². The van der Waals surface area contributed by atoms with Gasteiger partial charge in [0.25, 0.3) is 5.91 Å². The summed E-state index contributed by atoms with van der Waals surface area (Å²) in [5, 5.41) is 3.23. The standard InChI is InChI=1S/C37H42N2O4/c1-41-35-20-10-8-18-31(35)26-39-22-12-13-23-42-27-32(24-29-14-4-2-5-15-29)38-37(40)34-19-9-11-21-36(34)43-28-33(39)25-30-16-6-3-7-17-30/h2-11,14-21,32-33H,12-13,22-28H2,1H3,(H,38,40)/t32-,33-/m0/s1. The number of hydrogen-bond acceptors (Lipinski definition) is 5. The highest BCUT2D eigenvalue weighted by atomic mass is 16.5. The van der Waals surface area contributed by atoms with Gasteiger partial charge in [-0.2, -0.15) is 0 Å². The second-order valence-electron chi connectivity index (χ2n) is 11.1. The van der Waals surface area contributed by atoms with Gasteiger partial charge in [-0.3, -0.25) is 9.69 Å². The number of ether oxygens (including phenoxy) is 3. The van der Waals surface area contributed by atoms with Crippen molar-refractivity contribution in [2.24, 2.45) is 0 Å². The lowest BCUT2D eigenvalue weighted by Gasteiger charge is -2.32. The van der Waals surface area contributed by atoms with Crippen LogP contribution in [0.3, 0.4) is 0 Å². The Hall–Kier alpha value is -4.13. The van der Waals surface area contributed by atoms with Crippen LogP contribution in [-0.4, -0.2) is 56.4 Å². The smallest absolute Gasteiger partial charge is 0.255 e. The van der Waals surface area contributed by atoms with Crippen molar-refractivity contribution in [1.29, 1.82) is 0 Å². The van der Waals surface area contributed by atoms with E-state index in [9.17, 15) is 4.79 Å². The lowest BCUT2D eigenvalue weighted by molar-refractivity contribution is 0.0819. The van der Waals surface area contributed by atoms with Crippen molar-refractivity contribution >= 4 is 5.91 Å². The second kappa shape index (κ2) is 15.9. The molecule has 4 aromatic rings. The monoisotopic (exact) mass is 578 g/mol. The fourth-order valence-electron chi connectivity index (χ4n) is 5.65. The Morgan fingerprint density at radius 3 is 2.23 bits per heavy atom. The summed E-state index contributed by atoms with van der Waals surface area (Å²) >= 11 is 0. The molecule has 0 radical (unpaired) electrons. The number of carbonyl (C=O) groups excluding carboxylic acids is 1. The molecule has 224 valence electrons. The van der Waals surface area contributed by atoms with Gasteiger partial charge in [0.2, 0.25) is 0 Å². The number of amides is 1. The molecular weight excluding hydrogens is 536 g/mol. The molecule has 0 spiro atoms. The number of carbonyl (C=O) groups is 1. The molecular formula is C37H42N2O4. The van der Waals surface area contributed by atoms with E-state index in [1.807, 2.05) is 60.7 Å². The van der Waals surface area contributed by atoms with Crippen LogP contribution in [-0.2, 0) is 24.1 Å². The summed E-state index contributed by atoms with van der Waals surface area (Å²) < 4.78 is 18.4. The van der Waals surface area contributed by atoms with Gasteiger partial charge >= 0.3 is 0 Å². The van der Waals surface area contributed by atoms with Crippen molar-refractivity contribution in [1.82, 2.24) is 10.2 Å². The zero-order valence-corrected chi connectivity index (χ0v) is 25.0. The third kappa shape index (κ3) is 8.93. The lowest BCUT2D eigenvalue weighted by Crippen LogP contribution is -2.41. The van der Waals surface area contributed by atoms with E-state index in [2.05, 4.69) is 58.7 Å². The summed E-state index contributed by atoms with van der Waals surface area (Å²) in [6.07, 6.45) is 3.42. The van der Waals surface area contributed by atoms with Crippen LogP contribution >= 0.6 is 0 Å². The highest BCUT2D eigenvalue weighted by Crippen LogP contribution is 2.24. The normalized spacial score (nSPS) is 18.8. The third-order valence-electron chi connectivity index (χ3n) is 7.92. The number of rotatable bonds is 7. The topological polar surface area (TPSA) is 60.0 Å². The number of methoxy groups -OCH3 is 1. The minimum absolute atomic E-state index is 0.0697. The number of fused-ring (bicyclic) bond motifs is 1. The van der Waals surface area contributed by atoms with Crippen molar-refractivity contribution in [3.8, 4) is 11.5 Å². The average Bonchev–Trinajstić information content (AvgIpc) is 3.05. The molecule has 1 heterocycles. The predicted octanol–water partition coefficient (Wildman–Crippen LogP) is 6.34. The van der Waals surface area contributed by atoms with Gasteiger partial charge in [0.1, 0.15) is 18.1 Å². The molecule has 43 heavy (non-hydrogen) atoms. The van der Waals surface area contributed by atoms with E-state index in [-0.39, 0.29) is 18.0 Å². The summed E-state index contributed by atoms with van der Waals surface area (Å²) in [6.45, 7) is 3.14. The molecule has 0 saturated heterocycles. The molecule has 1 amide bonds. The molecule has 6 heteroatoms. The summed E-state index contributed by atoms with van der Waals surface area (Å²) in [5.41, 5.74) is 4.08. The molecule has 1 N–H and O–H groups in total. The number of para-hydroxylation sites is 2. The van der Waals surface area contributed by atoms with E-state index < -0.39 is 0 Å². The maximum atomic E-state index is 13.6. The SMILES string of the molecule is COc1ccccc1CN1CCCCOC[C@H](Cc2ccccc2)NC(=O)c2ccccc2OC[C@@H]1Cc1ccccc1. The zero-order chi connectivity index (χ0) is 29.7. The van der Waals surface area contributed by atoms with Crippen molar-refractivity contribution in [3.05, 3.63) is 131 Å². The van der Waals surface area contributed by atoms with E-state index in [4.69, 9.17) is 14.2 Å². The van der Waals surface area contributed by atoms with Crippen LogP contribution in [0, 0.1) is 0 Å². The first-order valence-electron chi connectivity index (χ1n) is 15.2.